The topological polar surface area (TPSA) is 133 Å². The predicted molar refractivity (Wildman–Crippen MR) is 153 cm³/mol. The lowest BCUT2D eigenvalue weighted by molar-refractivity contribution is -0.143. The van der Waals surface area contributed by atoms with Gasteiger partial charge in [0.1, 0.15) is 12.1 Å². The van der Waals surface area contributed by atoms with Crippen LogP contribution >= 0.6 is 46.4 Å². The van der Waals surface area contributed by atoms with E-state index in [4.69, 9.17) is 46.4 Å². The predicted octanol–water partition coefficient (Wildman–Crippen LogP) is 5.13. The molecular formula is C26H21Cl4N3O6S. The number of carbonyl (C=O) groups excluding carboxylic acids is 2. The van der Waals surface area contributed by atoms with Crippen LogP contribution in [0.5, 0.6) is 0 Å². The molecule has 1 aliphatic rings. The van der Waals surface area contributed by atoms with Crippen LogP contribution in [0, 0.1) is 0 Å². The summed E-state index contributed by atoms with van der Waals surface area (Å²) >= 11 is 24.0. The molecule has 1 fully saturated rings. The summed E-state index contributed by atoms with van der Waals surface area (Å²) in [7, 11) is -4.09. The van der Waals surface area contributed by atoms with E-state index >= 15 is 0 Å². The zero-order valence-corrected chi connectivity index (χ0v) is 24.2. The lowest BCUT2D eigenvalue weighted by Gasteiger charge is -2.38. The number of aliphatic carboxylic acids is 1. The van der Waals surface area contributed by atoms with Crippen LogP contribution in [0.1, 0.15) is 22.3 Å². The third kappa shape index (κ3) is 6.71. The number of nitrogens with one attached hydrogen (secondary N) is 2. The second-order valence-electron chi connectivity index (χ2n) is 8.88. The van der Waals surface area contributed by atoms with E-state index in [1.807, 2.05) is 0 Å². The molecule has 0 saturated carbocycles. The summed E-state index contributed by atoms with van der Waals surface area (Å²) in [5, 5.41) is 15.4. The Labute approximate surface area is 250 Å². The van der Waals surface area contributed by atoms with E-state index in [1.54, 1.807) is 30.3 Å². The second kappa shape index (κ2) is 12.3. The van der Waals surface area contributed by atoms with Crippen molar-refractivity contribution in [3.05, 3.63) is 91.9 Å². The van der Waals surface area contributed by atoms with Gasteiger partial charge in [-0.25, -0.2) is 13.2 Å². The monoisotopic (exact) mass is 643 g/mol. The average Bonchev–Trinajstić information content (AvgIpc) is 2.83. The molecule has 0 bridgehead atoms. The van der Waals surface area contributed by atoms with Crippen LogP contribution in [-0.2, 0) is 26.0 Å². The standard InChI is InChI=1S/C26H21Cl4N3O6S/c27-15-11-16(28)13-18(12-15)40(38,39)33-9-8-22(33)24(34)32-21(26(36)37)10-14-4-6-17(7-5-14)31-25(35)23-19(29)2-1-3-20(23)30/h1-7,11-13,21-22H,8-10H2,(H,31,35)(H,32,34)(H,36,37)/t21-,22-/m0/s1. The number of sulfonamides is 1. The van der Waals surface area contributed by atoms with E-state index in [0.29, 0.717) is 11.3 Å². The Morgan fingerprint density at radius 3 is 2.08 bits per heavy atom. The fourth-order valence-electron chi connectivity index (χ4n) is 4.06. The highest BCUT2D eigenvalue weighted by atomic mass is 35.5. The SMILES string of the molecule is O=C(Nc1ccc(C[C@H](NC(=O)[C@@H]2CCN2S(=O)(=O)c2cc(Cl)cc(Cl)c2)C(=O)O)cc1)c1c(Cl)cccc1Cl. The molecule has 1 heterocycles. The minimum absolute atomic E-state index is 0.0783. The van der Waals surface area contributed by atoms with Gasteiger partial charge >= 0.3 is 5.97 Å². The van der Waals surface area contributed by atoms with Crippen LogP contribution in [-0.4, -0.2) is 54.2 Å². The molecule has 2 atom stereocenters. The smallest absolute Gasteiger partial charge is 0.326 e. The van der Waals surface area contributed by atoms with Crippen molar-refractivity contribution in [1.82, 2.24) is 9.62 Å². The molecule has 0 spiro atoms. The fraction of sp³-hybridized carbons (Fsp3) is 0.192. The van der Waals surface area contributed by atoms with E-state index < -0.39 is 39.9 Å². The third-order valence-electron chi connectivity index (χ3n) is 6.17. The largest absolute Gasteiger partial charge is 0.480 e. The van der Waals surface area contributed by atoms with Gasteiger partial charge in [0.2, 0.25) is 15.9 Å². The number of anilines is 1. The number of hydrogen-bond acceptors (Lipinski definition) is 5. The second-order valence-corrected chi connectivity index (χ2v) is 12.5. The maximum Gasteiger partial charge on any atom is 0.326 e. The van der Waals surface area contributed by atoms with Gasteiger partial charge in [-0.2, -0.15) is 4.31 Å². The molecular weight excluding hydrogens is 624 g/mol. The van der Waals surface area contributed by atoms with E-state index in [2.05, 4.69) is 10.6 Å². The summed E-state index contributed by atoms with van der Waals surface area (Å²) in [6.45, 7) is 0.0783. The third-order valence-corrected chi connectivity index (χ3v) is 9.12. The Kier molecular flexibility index (Phi) is 9.29. The Balaban J connectivity index is 1.41. The molecule has 0 aliphatic carbocycles. The first kappa shape index (κ1) is 30.1. The Morgan fingerprint density at radius 2 is 1.55 bits per heavy atom. The maximum absolute atomic E-state index is 13.0. The van der Waals surface area contributed by atoms with E-state index in [1.165, 1.54) is 30.3 Å². The van der Waals surface area contributed by atoms with Crippen LogP contribution in [0.4, 0.5) is 5.69 Å². The van der Waals surface area contributed by atoms with Crippen molar-refractivity contribution in [2.75, 3.05) is 11.9 Å². The molecule has 210 valence electrons. The van der Waals surface area contributed by atoms with Crippen molar-refractivity contribution in [3.63, 3.8) is 0 Å². The van der Waals surface area contributed by atoms with E-state index in [9.17, 15) is 27.9 Å². The number of nitrogens with zero attached hydrogens (tertiary/aromatic N) is 1. The van der Waals surface area contributed by atoms with Crippen LogP contribution in [0.15, 0.2) is 65.6 Å². The quantitative estimate of drug-likeness (QED) is 0.296. The number of halogens is 4. The van der Waals surface area contributed by atoms with Crippen molar-refractivity contribution in [2.45, 2.75) is 29.8 Å². The number of carboxylic acid groups (broad SMARTS) is 1. The van der Waals surface area contributed by atoms with E-state index in [0.717, 1.165) is 4.31 Å². The maximum atomic E-state index is 13.0. The number of carboxylic acids is 1. The number of carbonyl (C=O) groups is 3. The molecule has 3 aromatic carbocycles. The lowest BCUT2D eigenvalue weighted by atomic mass is 10.0. The number of hydrogen-bond donors (Lipinski definition) is 3. The first-order valence-electron chi connectivity index (χ1n) is 11.7. The highest BCUT2D eigenvalue weighted by Crippen LogP contribution is 2.31. The number of rotatable bonds is 9. The van der Waals surface area contributed by atoms with Gasteiger partial charge in [0, 0.05) is 28.7 Å². The van der Waals surface area contributed by atoms with Crippen LogP contribution in [0.25, 0.3) is 0 Å². The molecule has 0 unspecified atom stereocenters. The molecule has 14 heteroatoms. The summed E-state index contributed by atoms with van der Waals surface area (Å²) in [5.41, 5.74) is 1.08. The molecule has 3 aromatic rings. The first-order valence-corrected chi connectivity index (χ1v) is 14.7. The number of amides is 2. The summed E-state index contributed by atoms with van der Waals surface area (Å²) in [6, 6.07) is 12.4. The number of benzene rings is 3. The van der Waals surface area contributed by atoms with Gasteiger partial charge < -0.3 is 15.7 Å². The molecule has 3 N–H and O–H groups in total. The van der Waals surface area contributed by atoms with Crippen molar-refractivity contribution >= 4 is 79.9 Å². The zero-order chi connectivity index (χ0) is 29.2. The van der Waals surface area contributed by atoms with Gasteiger partial charge in [-0.1, -0.05) is 64.6 Å². The van der Waals surface area contributed by atoms with E-state index in [-0.39, 0.29) is 49.9 Å². The van der Waals surface area contributed by atoms with Gasteiger partial charge in [-0.3, -0.25) is 9.59 Å². The van der Waals surface area contributed by atoms with Crippen molar-refractivity contribution in [1.29, 1.82) is 0 Å². The van der Waals surface area contributed by atoms with Crippen molar-refractivity contribution in [3.8, 4) is 0 Å². The normalized spacial score (nSPS) is 16.1. The van der Waals surface area contributed by atoms with Gasteiger partial charge in [0.25, 0.3) is 5.91 Å². The van der Waals surface area contributed by atoms with Gasteiger partial charge in [0.05, 0.1) is 20.5 Å². The summed E-state index contributed by atoms with van der Waals surface area (Å²) in [5.74, 6) is -2.55. The van der Waals surface area contributed by atoms with Crippen molar-refractivity contribution in [2.24, 2.45) is 0 Å². The summed E-state index contributed by atoms with van der Waals surface area (Å²) in [6.07, 6.45) is 0.130. The molecule has 2 amide bonds. The molecule has 0 radical (unpaired) electrons. The van der Waals surface area contributed by atoms with Crippen LogP contribution in [0.3, 0.4) is 0 Å². The van der Waals surface area contributed by atoms with Gasteiger partial charge in [0.15, 0.2) is 0 Å². The molecule has 0 aromatic heterocycles. The van der Waals surface area contributed by atoms with Crippen LogP contribution < -0.4 is 10.6 Å². The highest BCUT2D eigenvalue weighted by molar-refractivity contribution is 7.89. The molecule has 40 heavy (non-hydrogen) atoms. The Bertz CT molecular complexity index is 1540. The summed E-state index contributed by atoms with van der Waals surface area (Å²) < 4.78 is 27.1. The molecule has 1 aliphatic heterocycles. The first-order chi connectivity index (χ1) is 18.9. The lowest BCUT2D eigenvalue weighted by Crippen LogP contribution is -2.60. The Morgan fingerprint density at radius 1 is 0.950 bits per heavy atom. The minimum Gasteiger partial charge on any atom is -0.480 e. The highest BCUT2D eigenvalue weighted by Gasteiger charge is 2.43. The van der Waals surface area contributed by atoms with Crippen molar-refractivity contribution < 1.29 is 27.9 Å². The fourth-order valence-corrected chi connectivity index (χ4v) is 6.99. The molecule has 9 nitrogen and oxygen atoms in total. The Hall–Kier alpha value is -2.86. The minimum atomic E-state index is -4.09. The summed E-state index contributed by atoms with van der Waals surface area (Å²) in [4.78, 5) is 37.3. The molecule has 4 rings (SSSR count). The van der Waals surface area contributed by atoms with Gasteiger partial charge in [-0.15, -0.1) is 0 Å². The molecule has 1 saturated heterocycles. The average molecular weight is 645 g/mol. The van der Waals surface area contributed by atoms with Gasteiger partial charge in [-0.05, 0) is 54.4 Å². The van der Waals surface area contributed by atoms with Crippen LogP contribution in [0.2, 0.25) is 20.1 Å². The zero-order valence-electron chi connectivity index (χ0n) is 20.4.